The second-order valence-electron chi connectivity index (χ2n) is 8.06. The number of ether oxygens (including phenoxy) is 3. The summed E-state index contributed by atoms with van der Waals surface area (Å²) < 4.78 is 63.5. The molecular formula is C21H20F3N3O3. The Balaban J connectivity index is 1.57. The van der Waals surface area contributed by atoms with Crippen LogP contribution in [-0.2, 0) is 20.1 Å². The molecule has 2 aromatic heterocycles. The summed E-state index contributed by atoms with van der Waals surface area (Å²) in [6.45, 7) is 5.20. The summed E-state index contributed by atoms with van der Waals surface area (Å²) in [5.41, 5.74) is 0.979. The van der Waals surface area contributed by atoms with Gasteiger partial charge in [0.25, 0.3) is 0 Å². The van der Waals surface area contributed by atoms with Crippen LogP contribution in [0.5, 0.6) is 0 Å². The summed E-state index contributed by atoms with van der Waals surface area (Å²) in [5, 5.41) is 0.796. The van der Waals surface area contributed by atoms with Crippen LogP contribution in [0, 0.1) is 12.7 Å². The average molecular weight is 419 g/mol. The molecule has 0 bridgehead atoms. The maximum absolute atomic E-state index is 15.5. The summed E-state index contributed by atoms with van der Waals surface area (Å²) in [4.78, 5) is 8.46. The minimum Gasteiger partial charge on any atom is -0.342 e. The first-order valence-electron chi connectivity index (χ1n) is 9.60. The molecule has 0 spiro atoms. The number of halogens is 3. The zero-order valence-electron chi connectivity index (χ0n) is 16.6. The van der Waals surface area contributed by atoms with E-state index >= 15 is 8.78 Å². The zero-order valence-corrected chi connectivity index (χ0v) is 16.6. The van der Waals surface area contributed by atoms with Crippen molar-refractivity contribution in [3.8, 4) is 0 Å². The molecule has 3 aromatic rings. The van der Waals surface area contributed by atoms with Crippen LogP contribution in [0.4, 0.5) is 13.2 Å². The fourth-order valence-electron chi connectivity index (χ4n) is 4.23. The number of aryl methyl sites for hydroxylation is 1. The van der Waals surface area contributed by atoms with Crippen LogP contribution in [0.25, 0.3) is 11.0 Å². The molecule has 0 saturated carbocycles. The lowest BCUT2D eigenvalue weighted by molar-refractivity contribution is -0.233. The summed E-state index contributed by atoms with van der Waals surface area (Å²) >= 11 is 0. The van der Waals surface area contributed by atoms with Gasteiger partial charge in [0.2, 0.25) is 0 Å². The third kappa shape index (κ3) is 2.91. The van der Waals surface area contributed by atoms with Crippen molar-refractivity contribution in [2.24, 2.45) is 0 Å². The number of aromatic nitrogens is 3. The molecule has 5 rings (SSSR count). The Morgan fingerprint density at radius 1 is 1.03 bits per heavy atom. The summed E-state index contributed by atoms with van der Waals surface area (Å²) in [6, 6.07) is 5.94. The summed E-state index contributed by atoms with van der Waals surface area (Å²) in [7, 11) is 0. The summed E-state index contributed by atoms with van der Waals surface area (Å²) in [6.07, 6.45) is -1.16. The number of rotatable bonds is 3. The van der Waals surface area contributed by atoms with E-state index in [1.807, 2.05) is 13.0 Å². The molecule has 2 saturated heterocycles. The van der Waals surface area contributed by atoms with Gasteiger partial charge in [0.05, 0.1) is 5.69 Å². The minimum absolute atomic E-state index is 0.350. The quantitative estimate of drug-likeness (QED) is 0.640. The molecule has 0 N–H and O–H groups in total. The lowest BCUT2D eigenvalue weighted by atomic mass is 9.98. The fraction of sp³-hybridized carbons (Fsp3) is 0.429. The smallest absolute Gasteiger partial charge is 0.301 e. The van der Waals surface area contributed by atoms with Gasteiger partial charge >= 0.3 is 5.92 Å². The van der Waals surface area contributed by atoms with E-state index in [4.69, 9.17) is 14.2 Å². The molecule has 1 unspecified atom stereocenters. The number of fused-ring (bicyclic) bond motifs is 2. The monoisotopic (exact) mass is 419 g/mol. The first-order valence-corrected chi connectivity index (χ1v) is 9.60. The lowest BCUT2D eigenvalue weighted by Crippen LogP contribution is -2.41. The fourth-order valence-corrected chi connectivity index (χ4v) is 4.23. The van der Waals surface area contributed by atoms with E-state index in [9.17, 15) is 4.39 Å². The molecular weight excluding hydrogens is 399 g/mol. The first kappa shape index (κ1) is 19.5. The highest BCUT2D eigenvalue weighted by Gasteiger charge is 2.63. The highest BCUT2D eigenvalue weighted by Crippen LogP contribution is 2.50. The summed E-state index contributed by atoms with van der Waals surface area (Å²) in [5.74, 6) is -5.07. The Morgan fingerprint density at radius 2 is 1.73 bits per heavy atom. The van der Waals surface area contributed by atoms with Crippen LogP contribution in [0.1, 0.15) is 31.3 Å². The van der Waals surface area contributed by atoms with E-state index in [2.05, 4.69) is 9.97 Å². The second kappa shape index (κ2) is 6.50. The zero-order chi connectivity index (χ0) is 21.3. The van der Waals surface area contributed by atoms with Crippen LogP contribution < -0.4 is 0 Å². The molecule has 2 fully saturated rings. The predicted octanol–water partition coefficient (Wildman–Crippen LogP) is 4.09. The highest BCUT2D eigenvalue weighted by molar-refractivity contribution is 5.78. The Hall–Kier alpha value is -2.49. The van der Waals surface area contributed by atoms with Crippen molar-refractivity contribution in [3.05, 3.63) is 59.9 Å². The molecule has 4 atom stereocenters. The molecule has 0 amide bonds. The molecule has 30 heavy (non-hydrogen) atoms. The van der Waals surface area contributed by atoms with Gasteiger partial charge in [-0.25, -0.2) is 14.4 Å². The van der Waals surface area contributed by atoms with Gasteiger partial charge in [-0.3, -0.25) is 0 Å². The van der Waals surface area contributed by atoms with Gasteiger partial charge in [0.15, 0.2) is 18.1 Å². The van der Waals surface area contributed by atoms with Crippen molar-refractivity contribution in [1.82, 2.24) is 14.5 Å². The average Bonchev–Trinajstić information content (AvgIpc) is 3.33. The Morgan fingerprint density at radius 3 is 2.47 bits per heavy atom. The normalized spacial score (nSPS) is 28.2. The van der Waals surface area contributed by atoms with Crippen LogP contribution in [0.3, 0.4) is 0 Å². The van der Waals surface area contributed by atoms with E-state index in [0.29, 0.717) is 5.65 Å². The maximum Gasteiger partial charge on any atom is 0.301 e. The molecule has 1 aromatic carbocycles. The van der Waals surface area contributed by atoms with Crippen molar-refractivity contribution in [2.75, 3.05) is 0 Å². The molecule has 9 heteroatoms. The first-order chi connectivity index (χ1) is 14.2. The maximum atomic E-state index is 15.5. The van der Waals surface area contributed by atoms with E-state index < -0.39 is 42.1 Å². The van der Waals surface area contributed by atoms with Crippen LogP contribution in [-0.4, -0.2) is 38.6 Å². The van der Waals surface area contributed by atoms with Gasteiger partial charge in [-0.15, -0.1) is 0 Å². The topological polar surface area (TPSA) is 58.4 Å². The van der Waals surface area contributed by atoms with Crippen molar-refractivity contribution in [3.63, 3.8) is 0 Å². The number of hydrogen-bond acceptors (Lipinski definition) is 5. The van der Waals surface area contributed by atoms with E-state index in [1.54, 1.807) is 24.6 Å². The van der Waals surface area contributed by atoms with Gasteiger partial charge in [-0.1, -0.05) is 12.1 Å². The predicted molar refractivity (Wildman–Crippen MR) is 100 cm³/mol. The van der Waals surface area contributed by atoms with Crippen LogP contribution in [0.15, 0.2) is 42.9 Å². The molecule has 158 valence electrons. The molecule has 2 aliphatic heterocycles. The SMILES string of the molecule is Cc1ncnc2c1ccn2[C@@H]1OC(C(F)(F)c2ccc(F)cc2)[C@H]2OC(C)(C)O[C@H]21. The Labute approximate surface area is 170 Å². The number of hydrogen-bond donors (Lipinski definition) is 0. The van der Waals surface area contributed by atoms with E-state index in [-0.39, 0.29) is 5.56 Å². The molecule has 0 aliphatic carbocycles. The van der Waals surface area contributed by atoms with Crippen molar-refractivity contribution in [2.45, 2.75) is 57.0 Å². The second-order valence-corrected chi connectivity index (χ2v) is 8.06. The highest BCUT2D eigenvalue weighted by atomic mass is 19.3. The Bertz CT molecular complexity index is 1100. The standard InChI is InChI=1S/C21H20F3N3O3/c1-11-14-8-9-27(18(14)26-10-25-11)19-16-15(29-20(2,3)30-16)17(28-19)21(23,24)12-4-6-13(22)7-5-12/h4-10,15-17,19H,1-3H3/t15-,16+,17?,19+/m0/s1. The van der Waals surface area contributed by atoms with Gasteiger partial charge in [0.1, 0.15) is 30.0 Å². The molecule has 4 heterocycles. The molecule has 6 nitrogen and oxygen atoms in total. The largest absolute Gasteiger partial charge is 0.342 e. The number of alkyl halides is 2. The van der Waals surface area contributed by atoms with Crippen molar-refractivity contribution in [1.29, 1.82) is 0 Å². The third-order valence-corrected chi connectivity index (χ3v) is 5.60. The molecule has 2 aliphatic rings. The lowest BCUT2D eigenvalue weighted by Gasteiger charge is -2.29. The Kier molecular flexibility index (Phi) is 4.22. The van der Waals surface area contributed by atoms with Gasteiger partial charge in [-0.05, 0) is 39.0 Å². The van der Waals surface area contributed by atoms with E-state index in [0.717, 1.165) is 35.3 Å². The van der Waals surface area contributed by atoms with Crippen LogP contribution >= 0.6 is 0 Å². The van der Waals surface area contributed by atoms with Crippen molar-refractivity contribution < 1.29 is 27.4 Å². The minimum atomic E-state index is -3.43. The van der Waals surface area contributed by atoms with Gasteiger partial charge in [-0.2, -0.15) is 8.78 Å². The van der Waals surface area contributed by atoms with Gasteiger partial charge < -0.3 is 18.8 Å². The van der Waals surface area contributed by atoms with Crippen LogP contribution in [0.2, 0.25) is 0 Å². The van der Waals surface area contributed by atoms with Crippen molar-refractivity contribution >= 4 is 11.0 Å². The van der Waals surface area contributed by atoms with Gasteiger partial charge in [0, 0.05) is 17.1 Å². The third-order valence-electron chi connectivity index (χ3n) is 5.60. The molecule has 0 radical (unpaired) electrons. The van der Waals surface area contributed by atoms with E-state index in [1.165, 1.54) is 6.33 Å². The number of nitrogens with zero attached hydrogens (tertiary/aromatic N) is 3. The number of benzene rings is 1.